The van der Waals surface area contributed by atoms with Crippen molar-refractivity contribution in [3.63, 3.8) is 0 Å². The molecule has 2 rings (SSSR count). The summed E-state index contributed by atoms with van der Waals surface area (Å²) in [6, 6.07) is 20.5. The first-order valence-electron chi connectivity index (χ1n) is 7.40. The van der Waals surface area contributed by atoms with Crippen molar-refractivity contribution in [2.75, 3.05) is 19.6 Å². The minimum atomic E-state index is 0.0546. The molecule has 0 aliphatic heterocycles. The van der Waals surface area contributed by atoms with E-state index >= 15 is 0 Å². The predicted octanol–water partition coefficient (Wildman–Crippen LogP) is 2.18. The highest BCUT2D eigenvalue weighted by Crippen LogP contribution is 1.98. The molecular weight excluding hydrogens is 260 g/mol. The Bertz CT molecular complexity index is 525. The average Bonchev–Trinajstić information content (AvgIpc) is 2.54. The van der Waals surface area contributed by atoms with Crippen molar-refractivity contribution in [1.29, 1.82) is 0 Å². The Balaban J connectivity index is 1.54. The minimum absolute atomic E-state index is 0.0546. The second-order valence-electron chi connectivity index (χ2n) is 5.00. The molecule has 2 N–H and O–H groups in total. The summed E-state index contributed by atoms with van der Waals surface area (Å²) in [5, 5.41) is 6.10. The molecule has 0 fully saturated rings. The maximum absolute atomic E-state index is 11.7. The molecule has 0 aromatic heterocycles. The number of carbonyl (C=O) groups excluding carboxylic acids is 1. The Kier molecular flexibility index (Phi) is 6.49. The number of hydrogen-bond acceptors (Lipinski definition) is 2. The zero-order chi connectivity index (χ0) is 14.8. The van der Waals surface area contributed by atoms with E-state index < -0.39 is 0 Å². The fourth-order valence-electron chi connectivity index (χ4n) is 2.13. The third-order valence-electron chi connectivity index (χ3n) is 3.30. The van der Waals surface area contributed by atoms with Gasteiger partial charge in [-0.2, -0.15) is 0 Å². The molecule has 3 heteroatoms. The molecule has 2 aromatic rings. The molecule has 0 atom stereocenters. The first-order valence-corrected chi connectivity index (χ1v) is 7.40. The van der Waals surface area contributed by atoms with Gasteiger partial charge in [-0.3, -0.25) is 4.79 Å². The van der Waals surface area contributed by atoms with Crippen LogP contribution in [-0.2, 0) is 17.6 Å². The Morgan fingerprint density at radius 2 is 1.29 bits per heavy atom. The Morgan fingerprint density at radius 3 is 1.86 bits per heavy atom. The first-order chi connectivity index (χ1) is 10.3. The molecule has 2 aromatic carbocycles. The van der Waals surface area contributed by atoms with Gasteiger partial charge in [0.15, 0.2) is 0 Å². The lowest BCUT2D eigenvalue weighted by Crippen LogP contribution is -2.35. The minimum Gasteiger partial charge on any atom is -0.355 e. The van der Waals surface area contributed by atoms with Gasteiger partial charge >= 0.3 is 0 Å². The molecule has 0 bridgehead atoms. The van der Waals surface area contributed by atoms with Gasteiger partial charge in [0.05, 0.1) is 6.54 Å². The van der Waals surface area contributed by atoms with E-state index in [-0.39, 0.29) is 5.91 Å². The smallest absolute Gasteiger partial charge is 0.233 e. The van der Waals surface area contributed by atoms with Crippen molar-refractivity contribution < 1.29 is 4.79 Å². The van der Waals surface area contributed by atoms with Crippen LogP contribution in [0.3, 0.4) is 0 Å². The molecule has 0 spiro atoms. The summed E-state index contributed by atoms with van der Waals surface area (Å²) in [5.41, 5.74) is 2.53. The molecule has 0 unspecified atom stereocenters. The quantitative estimate of drug-likeness (QED) is 0.729. The van der Waals surface area contributed by atoms with E-state index in [1.165, 1.54) is 11.1 Å². The third kappa shape index (κ3) is 6.23. The molecule has 0 aliphatic carbocycles. The molecule has 0 saturated heterocycles. The highest BCUT2D eigenvalue weighted by Gasteiger charge is 2.00. The summed E-state index contributed by atoms with van der Waals surface area (Å²) in [4.78, 5) is 11.7. The van der Waals surface area contributed by atoms with Crippen LogP contribution in [0.5, 0.6) is 0 Å². The Hall–Kier alpha value is -2.13. The van der Waals surface area contributed by atoms with Gasteiger partial charge < -0.3 is 10.6 Å². The second kappa shape index (κ2) is 8.93. The van der Waals surface area contributed by atoms with Crippen molar-refractivity contribution in [3.05, 3.63) is 71.8 Å². The van der Waals surface area contributed by atoms with Crippen LogP contribution in [0, 0.1) is 0 Å². The van der Waals surface area contributed by atoms with E-state index in [0.717, 1.165) is 19.4 Å². The molecule has 0 radical (unpaired) electrons. The number of hydrogen-bond donors (Lipinski definition) is 2. The van der Waals surface area contributed by atoms with Gasteiger partial charge in [0, 0.05) is 6.54 Å². The third-order valence-corrected chi connectivity index (χ3v) is 3.30. The van der Waals surface area contributed by atoms with Crippen LogP contribution >= 0.6 is 0 Å². The van der Waals surface area contributed by atoms with Crippen LogP contribution in [0.2, 0.25) is 0 Å². The van der Waals surface area contributed by atoms with E-state index in [2.05, 4.69) is 34.9 Å². The van der Waals surface area contributed by atoms with Crippen molar-refractivity contribution in [2.24, 2.45) is 0 Å². The molecule has 1 amide bonds. The van der Waals surface area contributed by atoms with Gasteiger partial charge in [-0.15, -0.1) is 0 Å². The maximum Gasteiger partial charge on any atom is 0.233 e. The fraction of sp³-hybridized carbons (Fsp3) is 0.278. The highest BCUT2D eigenvalue weighted by molar-refractivity contribution is 5.77. The summed E-state index contributed by atoms with van der Waals surface area (Å²) in [6.07, 6.45) is 1.81. The monoisotopic (exact) mass is 282 g/mol. The number of rotatable bonds is 8. The molecular formula is C18H22N2O. The van der Waals surface area contributed by atoms with Gasteiger partial charge in [0.1, 0.15) is 0 Å². The normalized spacial score (nSPS) is 10.3. The van der Waals surface area contributed by atoms with Crippen LogP contribution in [0.1, 0.15) is 11.1 Å². The standard InChI is InChI=1S/C18H22N2O/c21-18(20-14-12-17-9-5-2-6-10-17)15-19-13-11-16-7-3-1-4-8-16/h1-10,19H,11-15H2,(H,20,21). The van der Waals surface area contributed by atoms with E-state index in [1.54, 1.807) is 0 Å². The summed E-state index contributed by atoms with van der Waals surface area (Å²) in [7, 11) is 0. The van der Waals surface area contributed by atoms with Gasteiger partial charge in [0.25, 0.3) is 0 Å². The van der Waals surface area contributed by atoms with Crippen molar-refractivity contribution in [3.8, 4) is 0 Å². The summed E-state index contributed by atoms with van der Waals surface area (Å²) >= 11 is 0. The number of amides is 1. The fourth-order valence-corrected chi connectivity index (χ4v) is 2.13. The number of benzene rings is 2. The average molecular weight is 282 g/mol. The highest BCUT2D eigenvalue weighted by atomic mass is 16.1. The Morgan fingerprint density at radius 1 is 0.762 bits per heavy atom. The molecule has 0 aliphatic rings. The van der Waals surface area contributed by atoms with E-state index in [1.807, 2.05) is 36.4 Å². The van der Waals surface area contributed by atoms with Crippen LogP contribution < -0.4 is 10.6 Å². The lowest BCUT2D eigenvalue weighted by atomic mass is 10.1. The van der Waals surface area contributed by atoms with Crippen LogP contribution in [0.4, 0.5) is 0 Å². The molecule has 0 saturated carbocycles. The number of nitrogens with one attached hydrogen (secondary N) is 2. The molecule has 0 heterocycles. The number of carbonyl (C=O) groups is 1. The maximum atomic E-state index is 11.7. The Labute approximate surface area is 126 Å². The van der Waals surface area contributed by atoms with Gasteiger partial charge in [-0.1, -0.05) is 60.7 Å². The van der Waals surface area contributed by atoms with Crippen molar-refractivity contribution >= 4 is 5.91 Å². The second-order valence-corrected chi connectivity index (χ2v) is 5.00. The lowest BCUT2D eigenvalue weighted by molar-refractivity contribution is -0.120. The zero-order valence-corrected chi connectivity index (χ0v) is 12.2. The van der Waals surface area contributed by atoms with Crippen LogP contribution in [-0.4, -0.2) is 25.5 Å². The summed E-state index contributed by atoms with van der Waals surface area (Å²) < 4.78 is 0. The molecule has 3 nitrogen and oxygen atoms in total. The topological polar surface area (TPSA) is 41.1 Å². The SMILES string of the molecule is O=C(CNCCc1ccccc1)NCCc1ccccc1. The van der Waals surface area contributed by atoms with Gasteiger partial charge in [-0.25, -0.2) is 0 Å². The van der Waals surface area contributed by atoms with Crippen LogP contribution in [0.25, 0.3) is 0 Å². The zero-order valence-electron chi connectivity index (χ0n) is 12.2. The largest absolute Gasteiger partial charge is 0.355 e. The van der Waals surface area contributed by atoms with E-state index in [0.29, 0.717) is 13.1 Å². The van der Waals surface area contributed by atoms with E-state index in [9.17, 15) is 4.79 Å². The summed E-state index contributed by atoms with van der Waals surface area (Å²) in [6.45, 7) is 1.88. The van der Waals surface area contributed by atoms with Crippen LogP contribution in [0.15, 0.2) is 60.7 Å². The predicted molar refractivity (Wildman–Crippen MR) is 86.2 cm³/mol. The first kappa shape index (κ1) is 15.3. The van der Waals surface area contributed by atoms with Crippen molar-refractivity contribution in [1.82, 2.24) is 10.6 Å². The molecule has 21 heavy (non-hydrogen) atoms. The van der Waals surface area contributed by atoms with Gasteiger partial charge in [-0.05, 0) is 30.5 Å². The van der Waals surface area contributed by atoms with Crippen molar-refractivity contribution in [2.45, 2.75) is 12.8 Å². The van der Waals surface area contributed by atoms with Gasteiger partial charge in [0.2, 0.25) is 5.91 Å². The summed E-state index contributed by atoms with van der Waals surface area (Å²) in [5.74, 6) is 0.0546. The molecule has 110 valence electrons. The van der Waals surface area contributed by atoms with E-state index in [4.69, 9.17) is 0 Å². The lowest BCUT2D eigenvalue weighted by Gasteiger charge is -2.07.